The van der Waals surface area contributed by atoms with Gasteiger partial charge in [-0.2, -0.15) is 5.26 Å². The molecule has 0 heterocycles. The van der Waals surface area contributed by atoms with E-state index in [0.29, 0.717) is 19.4 Å². The van der Waals surface area contributed by atoms with E-state index in [1.165, 1.54) is 0 Å². The van der Waals surface area contributed by atoms with Crippen molar-refractivity contribution in [2.24, 2.45) is 0 Å². The van der Waals surface area contributed by atoms with Gasteiger partial charge in [0.2, 0.25) is 0 Å². The number of hydrogen-bond acceptors (Lipinski definition) is 6. The SMILES string of the molecule is C.COCCCNC1=C/C(=C(/C#N)C(=O)OCCCO)CCC1. The van der Waals surface area contributed by atoms with Crippen LogP contribution >= 0.6 is 0 Å². The monoisotopic (exact) mass is 324 g/mol. The van der Waals surface area contributed by atoms with Gasteiger partial charge in [-0.25, -0.2) is 4.79 Å². The van der Waals surface area contributed by atoms with Crippen LogP contribution in [0.2, 0.25) is 0 Å². The van der Waals surface area contributed by atoms with Gasteiger partial charge in [0.15, 0.2) is 0 Å². The summed E-state index contributed by atoms with van der Waals surface area (Å²) in [6.45, 7) is 1.58. The maximum Gasteiger partial charge on any atom is 0.349 e. The fourth-order valence-corrected chi connectivity index (χ4v) is 2.18. The third-order valence-corrected chi connectivity index (χ3v) is 3.29. The summed E-state index contributed by atoms with van der Waals surface area (Å²) < 4.78 is 9.99. The summed E-state index contributed by atoms with van der Waals surface area (Å²) in [6, 6.07) is 1.95. The first kappa shape index (κ1) is 21.2. The van der Waals surface area contributed by atoms with Crippen LogP contribution in [0.1, 0.15) is 39.5 Å². The summed E-state index contributed by atoms with van der Waals surface area (Å²) in [6.07, 6.45) is 5.66. The largest absolute Gasteiger partial charge is 0.461 e. The van der Waals surface area contributed by atoms with Crippen LogP contribution in [0.25, 0.3) is 0 Å². The highest BCUT2D eigenvalue weighted by atomic mass is 16.5. The maximum atomic E-state index is 11.9. The lowest BCUT2D eigenvalue weighted by molar-refractivity contribution is -0.138. The molecule has 0 aromatic heterocycles. The Bertz CT molecular complexity index is 464. The molecule has 0 saturated carbocycles. The van der Waals surface area contributed by atoms with Gasteiger partial charge in [0, 0.05) is 39.0 Å². The molecule has 0 aromatic carbocycles. The lowest BCUT2D eigenvalue weighted by Gasteiger charge is -2.18. The van der Waals surface area contributed by atoms with E-state index in [0.717, 1.165) is 37.1 Å². The van der Waals surface area contributed by atoms with Crippen LogP contribution in [0.3, 0.4) is 0 Å². The minimum absolute atomic E-state index is 0. The van der Waals surface area contributed by atoms with Crippen molar-refractivity contribution in [1.82, 2.24) is 5.32 Å². The number of esters is 1. The second-order valence-electron chi connectivity index (χ2n) is 5.02. The van der Waals surface area contributed by atoms with Crippen molar-refractivity contribution in [3.8, 4) is 6.07 Å². The van der Waals surface area contributed by atoms with Crippen molar-refractivity contribution in [2.45, 2.75) is 39.5 Å². The quantitative estimate of drug-likeness (QED) is 0.292. The van der Waals surface area contributed by atoms with E-state index in [4.69, 9.17) is 14.6 Å². The standard InChI is InChI=1S/C16H24N2O4.CH4/c1-21-9-3-7-18-14-6-2-5-13(11-14)15(12-17)16(20)22-10-4-8-19;/h11,18-19H,2-10H2,1H3;1H4/b15-13-;. The molecule has 0 aromatic rings. The summed E-state index contributed by atoms with van der Waals surface area (Å²) in [7, 11) is 1.67. The van der Waals surface area contributed by atoms with Crippen molar-refractivity contribution < 1.29 is 19.4 Å². The number of nitrogens with zero attached hydrogens (tertiary/aromatic N) is 1. The number of carbonyl (C=O) groups is 1. The number of ether oxygens (including phenoxy) is 2. The Balaban J connectivity index is 0.00000484. The van der Waals surface area contributed by atoms with Gasteiger partial charge in [0.25, 0.3) is 0 Å². The summed E-state index contributed by atoms with van der Waals surface area (Å²) in [5.41, 5.74) is 1.82. The van der Waals surface area contributed by atoms with Gasteiger partial charge in [-0.1, -0.05) is 7.43 Å². The molecule has 0 fully saturated rings. The van der Waals surface area contributed by atoms with Crippen molar-refractivity contribution in [1.29, 1.82) is 5.26 Å². The molecule has 0 unspecified atom stereocenters. The molecule has 0 radical (unpaired) electrons. The smallest absolute Gasteiger partial charge is 0.349 e. The predicted molar refractivity (Wildman–Crippen MR) is 88.5 cm³/mol. The molecule has 2 N–H and O–H groups in total. The number of hydrogen-bond donors (Lipinski definition) is 2. The molecule has 0 saturated heterocycles. The average Bonchev–Trinajstić information content (AvgIpc) is 2.53. The van der Waals surface area contributed by atoms with E-state index in [2.05, 4.69) is 5.32 Å². The predicted octanol–water partition coefficient (Wildman–Crippen LogP) is 2.06. The van der Waals surface area contributed by atoms with E-state index in [1.807, 2.05) is 12.1 Å². The maximum absolute atomic E-state index is 11.9. The van der Waals surface area contributed by atoms with E-state index < -0.39 is 5.97 Å². The number of nitrogens with one attached hydrogen (secondary N) is 1. The number of aliphatic hydroxyl groups excluding tert-OH is 1. The molecule has 0 aliphatic heterocycles. The number of nitriles is 1. The van der Waals surface area contributed by atoms with E-state index >= 15 is 0 Å². The summed E-state index contributed by atoms with van der Waals surface area (Å²) >= 11 is 0. The van der Waals surface area contributed by atoms with E-state index in [1.54, 1.807) is 7.11 Å². The van der Waals surface area contributed by atoms with Crippen LogP contribution in [0.5, 0.6) is 0 Å². The zero-order valence-corrected chi connectivity index (χ0v) is 13.1. The molecular weight excluding hydrogens is 296 g/mol. The molecule has 6 heteroatoms. The topological polar surface area (TPSA) is 91.6 Å². The molecule has 0 bridgehead atoms. The Morgan fingerprint density at radius 3 is 2.83 bits per heavy atom. The van der Waals surface area contributed by atoms with Crippen molar-refractivity contribution in [3.63, 3.8) is 0 Å². The normalized spacial score (nSPS) is 15.8. The molecule has 1 aliphatic carbocycles. The number of carbonyl (C=O) groups excluding carboxylic acids is 1. The minimum Gasteiger partial charge on any atom is -0.461 e. The molecule has 1 aliphatic rings. The van der Waals surface area contributed by atoms with Gasteiger partial charge in [-0.15, -0.1) is 0 Å². The minimum atomic E-state index is -0.608. The molecule has 1 rings (SSSR count). The van der Waals surface area contributed by atoms with Gasteiger partial charge < -0.3 is 19.9 Å². The number of rotatable bonds is 9. The molecule has 130 valence electrons. The van der Waals surface area contributed by atoms with Crippen molar-refractivity contribution >= 4 is 5.97 Å². The average molecular weight is 324 g/mol. The fraction of sp³-hybridized carbons (Fsp3) is 0.647. The highest BCUT2D eigenvalue weighted by Crippen LogP contribution is 2.24. The Kier molecular flexibility index (Phi) is 11.7. The Morgan fingerprint density at radius 2 is 2.17 bits per heavy atom. The zero-order chi connectivity index (χ0) is 16.2. The van der Waals surface area contributed by atoms with E-state index in [9.17, 15) is 10.1 Å². The van der Waals surface area contributed by atoms with Crippen LogP contribution in [0.15, 0.2) is 22.9 Å². The Hall–Kier alpha value is -1.84. The second kappa shape index (κ2) is 12.7. The van der Waals surface area contributed by atoms with Gasteiger partial charge in [0.1, 0.15) is 11.6 Å². The van der Waals surface area contributed by atoms with Crippen molar-refractivity contribution in [2.75, 3.05) is 33.5 Å². The Labute approximate surface area is 138 Å². The lowest BCUT2D eigenvalue weighted by atomic mass is 9.95. The van der Waals surface area contributed by atoms with Crippen LogP contribution in [0, 0.1) is 11.3 Å². The van der Waals surface area contributed by atoms with Crippen LogP contribution in [0.4, 0.5) is 0 Å². The van der Waals surface area contributed by atoms with Crippen LogP contribution < -0.4 is 5.32 Å². The zero-order valence-electron chi connectivity index (χ0n) is 13.1. The third-order valence-electron chi connectivity index (χ3n) is 3.29. The number of methoxy groups -OCH3 is 1. The first-order valence-electron chi connectivity index (χ1n) is 7.57. The van der Waals surface area contributed by atoms with Gasteiger partial charge >= 0.3 is 5.97 Å². The first-order chi connectivity index (χ1) is 10.7. The third kappa shape index (κ3) is 7.82. The first-order valence-corrected chi connectivity index (χ1v) is 7.57. The number of aliphatic hydroxyl groups is 1. The van der Waals surface area contributed by atoms with Crippen LogP contribution in [-0.2, 0) is 14.3 Å². The molecule has 0 amide bonds. The van der Waals surface area contributed by atoms with Gasteiger partial charge in [-0.05, 0) is 37.3 Å². The summed E-state index contributed by atoms with van der Waals surface area (Å²) in [5, 5.41) is 21.2. The number of allylic oxidation sites excluding steroid dienone is 3. The Morgan fingerprint density at radius 1 is 1.39 bits per heavy atom. The fourth-order valence-electron chi connectivity index (χ4n) is 2.18. The van der Waals surface area contributed by atoms with Crippen molar-refractivity contribution in [3.05, 3.63) is 22.9 Å². The van der Waals surface area contributed by atoms with Gasteiger partial charge in [0.05, 0.1) is 6.61 Å². The molecular formula is C17H28N2O4. The lowest BCUT2D eigenvalue weighted by Crippen LogP contribution is -2.19. The summed E-state index contributed by atoms with van der Waals surface area (Å²) in [4.78, 5) is 11.9. The van der Waals surface area contributed by atoms with Crippen LogP contribution in [-0.4, -0.2) is 44.6 Å². The summed E-state index contributed by atoms with van der Waals surface area (Å²) in [5.74, 6) is -0.608. The molecule has 6 nitrogen and oxygen atoms in total. The van der Waals surface area contributed by atoms with E-state index in [-0.39, 0.29) is 26.2 Å². The molecule has 23 heavy (non-hydrogen) atoms. The second-order valence-corrected chi connectivity index (χ2v) is 5.02. The van der Waals surface area contributed by atoms with Gasteiger partial charge in [-0.3, -0.25) is 0 Å². The highest BCUT2D eigenvalue weighted by molar-refractivity contribution is 5.94. The molecule has 0 atom stereocenters. The highest BCUT2D eigenvalue weighted by Gasteiger charge is 2.18. The molecule has 0 spiro atoms.